The minimum atomic E-state index is -0.513. The van der Waals surface area contributed by atoms with E-state index in [-0.39, 0.29) is 30.8 Å². The van der Waals surface area contributed by atoms with E-state index in [2.05, 4.69) is 11.9 Å². The van der Waals surface area contributed by atoms with E-state index in [0.717, 1.165) is 18.5 Å². The van der Waals surface area contributed by atoms with Crippen LogP contribution in [0.1, 0.15) is 58.6 Å². The van der Waals surface area contributed by atoms with Gasteiger partial charge in [0.1, 0.15) is 5.60 Å². The number of ether oxygens (including phenoxy) is 1. The molecular weight excluding hydrogens is 292 g/mol. The van der Waals surface area contributed by atoms with E-state index in [1.54, 1.807) is 6.20 Å². The highest BCUT2D eigenvalue weighted by Gasteiger charge is 2.34. The van der Waals surface area contributed by atoms with E-state index >= 15 is 0 Å². The number of nitrogens with zero attached hydrogens (tertiary/aromatic N) is 2. The summed E-state index contributed by atoms with van der Waals surface area (Å²) >= 11 is 0. The minimum absolute atomic E-state index is 0.00839. The van der Waals surface area contributed by atoms with Gasteiger partial charge < -0.3 is 9.64 Å². The summed E-state index contributed by atoms with van der Waals surface area (Å²) in [5.41, 5.74) is 0.544. The Labute approximate surface area is 138 Å². The normalized spacial score (nSPS) is 21.3. The smallest absolute Gasteiger partial charge is 0.306 e. The molecule has 5 heteroatoms. The van der Waals surface area contributed by atoms with Crippen LogP contribution in [0.15, 0.2) is 24.5 Å². The van der Waals surface area contributed by atoms with Crippen molar-refractivity contribution in [2.75, 3.05) is 6.54 Å². The Morgan fingerprint density at radius 3 is 2.70 bits per heavy atom. The number of aromatic nitrogens is 1. The molecule has 2 rings (SSSR count). The van der Waals surface area contributed by atoms with Crippen LogP contribution in [-0.2, 0) is 14.3 Å². The molecule has 2 heterocycles. The van der Waals surface area contributed by atoms with Crippen LogP contribution in [-0.4, -0.2) is 33.9 Å². The number of esters is 1. The molecule has 0 aliphatic carbocycles. The predicted octanol–water partition coefficient (Wildman–Crippen LogP) is 3.11. The standard InChI is InChI=1S/C18H26N2O3/c1-13-10-15(14-6-5-9-19-11-14)20(12-13)16(21)7-8-17(22)23-18(2,3)4/h5-6,9,11,13,15H,7-8,10,12H2,1-4H3/t13-,15-/m0/s1. The fraction of sp³-hybridized carbons (Fsp3) is 0.611. The zero-order valence-electron chi connectivity index (χ0n) is 14.4. The molecule has 0 aromatic carbocycles. The maximum atomic E-state index is 12.5. The molecule has 1 saturated heterocycles. The summed E-state index contributed by atoms with van der Waals surface area (Å²) in [6, 6.07) is 3.95. The average Bonchev–Trinajstić information content (AvgIpc) is 2.86. The van der Waals surface area contributed by atoms with Crippen LogP contribution in [0, 0.1) is 5.92 Å². The number of rotatable bonds is 4. The molecule has 0 bridgehead atoms. The van der Waals surface area contributed by atoms with Gasteiger partial charge in [0.05, 0.1) is 12.5 Å². The van der Waals surface area contributed by atoms with Crippen molar-refractivity contribution in [3.05, 3.63) is 30.1 Å². The third-order valence-corrected chi connectivity index (χ3v) is 3.86. The summed E-state index contributed by atoms with van der Waals surface area (Å²) in [5.74, 6) is 0.135. The van der Waals surface area contributed by atoms with Gasteiger partial charge in [0, 0.05) is 25.4 Å². The number of likely N-dealkylation sites (tertiary alicyclic amines) is 1. The molecule has 2 atom stereocenters. The van der Waals surface area contributed by atoms with E-state index in [0.29, 0.717) is 5.92 Å². The summed E-state index contributed by atoms with van der Waals surface area (Å²) in [6.07, 6.45) is 4.80. The van der Waals surface area contributed by atoms with Crippen LogP contribution >= 0.6 is 0 Å². The Kier molecular flexibility index (Phi) is 5.39. The number of hydrogen-bond donors (Lipinski definition) is 0. The molecule has 5 nitrogen and oxygen atoms in total. The van der Waals surface area contributed by atoms with Crippen molar-refractivity contribution in [2.45, 2.75) is 58.6 Å². The summed E-state index contributed by atoms with van der Waals surface area (Å²) in [7, 11) is 0. The van der Waals surface area contributed by atoms with Crippen LogP contribution in [0.3, 0.4) is 0 Å². The fourth-order valence-corrected chi connectivity index (χ4v) is 2.96. The van der Waals surface area contributed by atoms with Crippen LogP contribution < -0.4 is 0 Å². The van der Waals surface area contributed by atoms with Gasteiger partial charge in [-0.15, -0.1) is 0 Å². The van der Waals surface area contributed by atoms with Gasteiger partial charge in [0.2, 0.25) is 5.91 Å². The zero-order chi connectivity index (χ0) is 17.0. The Bertz CT molecular complexity index is 551. The third-order valence-electron chi connectivity index (χ3n) is 3.86. The second kappa shape index (κ2) is 7.11. The van der Waals surface area contributed by atoms with E-state index in [4.69, 9.17) is 4.74 Å². The van der Waals surface area contributed by atoms with Crippen LogP contribution in [0.2, 0.25) is 0 Å². The lowest BCUT2D eigenvalue weighted by Gasteiger charge is -2.25. The topological polar surface area (TPSA) is 59.5 Å². The van der Waals surface area contributed by atoms with Crippen molar-refractivity contribution < 1.29 is 14.3 Å². The molecule has 23 heavy (non-hydrogen) atoms. The van der Waals surface area contributed by atoms with Gasteiger partial charge in [0.25, 0.3) is 0 Å². The lowest BCUT2D eigenvalue weighted by Crippen LogP contribution is -2.32. The van der Waals surface area contributed by atoms with Crippen molar-refractivity contribution in [3.63, 3.8) is 0 Å². The molecule has 1 amide bonds. The number of amides is 1. The molecule has 0 spiro atoms. The molecule has 0 saturated carbocycles. The average molecular weight is 318 g/mol. The van der Waals surface area contributed by atoms with E-state index in [1.165, 1.54) is 0 Å². The second-order valence-electron chi connectivity index (χ2n) is 7.28. The quantitative estimate of drug-likeness (QED) is 0.800. The summed E-state index contributed by atoms with van der Waals surface area (Å²) in [5, 5.41) is 0. The minimum Gasteiger partial charge on any atom is -0.460 e. The van der Waals surface area contributed by atoms with Crippen molar-refractivity contribution in [3.8, 4) is 0 Å². The first-order valence-corrected chi connectivity index (χ1v) is 8.17. The Morgan fingerprint density at radius 1 is 1.35 bits per heavy atom. The SMILES string of the molecule is C[C@H]1C[C@@H](c2cccnc2)N(C(=O)CCC(=O)OC(C)(C)C)C1. The molecule has 0 unspecified atom stereocenters. The molecule has 1 fully saturated rings. The van der Waals surface area contributed by atoms with Gasteiger partial charge in [-0.1, -0.05) is 13.0 Å². The summed E-state index contributed by atoms with van der Waals surface area (Å²) < 4.78 is 5.26. The van der Waals surface area contributed by atoms with Crippen LogP contribution in [0.5, 0.6) is 0 Å². The van der Waals surface area contributed by atoms with Gasteiger partial charge in [-0.25, -0.2) is 0 Å². The first-order chi connectivity index (χ1) is 10.8. The van der Waals surface area contributed by atoms with E-state index < -0.39 is 5.60 Å². The lowest BCUT2D eigenvalue weighted by atomic mass is 10.0. The summed E-state index contributed by atoms with van der Waals surface area (Å²) in [6.45, 7) is 8.35. The van der Waals surface area contributed by atoms with E-state index in [9.17, 15) is 9.59 Å². The van der Waals surface area contributed by atoms with Crippen LogP contribution in [0.4, 0.5) is 0 Å². The van der Waals surface area contributed by atoms with Gasteiger partial charge >= 0.3 is 5.97 Å². The number of carbonyl (C=O) groups excluding carboxylic acids is 2. The van der Waals surface area contributed by atoms with Crippen LogP contribution in [0.25, 0.3) is 0 Å². The van der Waals surface area contributed by atoms with Gasteiger partial charge in [-0.2, -0.15) is 0 Å². The predicted molar refractivity (Wildman–Crippen MR) is 87.6 cm³/mol. The highest BCUT2D eigenvalue weighted by Crippen LogP contribution is 2.35. The summed E-state index contributed by atoms with van der Waals surface area (Å²) in [4.78, 5) is 30.4. The highest BCUT2D eigenvalue weighted by atomic mass is 16.6. The third kappa shape index (κ3) is 5.05. The molecule has 0 N–H and O–H groups in total. The zero-order valence-corrected chi connectivity index (χ0v) is 14.4. The molecule has 1 aliphatic rings. The lowest BCUT2D eigenvalue weighted by molar-refractivity contribution is -0.156. The first kappa shape index (κ1) is 17.4. The maximum Gasteiger partial charge on any atom is 0.306 e. The fourth-order valence-electron chi connectivity index (χ4n) is 2.96. The van der Waals surface area contributed by atoms with E-state index in [1.807, 2.05) is 44.0 Å². The van der Waals surface area contributed by atoms with Crippen molar-refractivity contribution in [2.24, 2.45) is 5.92 Å². The Balaban J connectivity index is 1.96. The monoisotopic (exact) mass is 318 g/mol. The number of pyridine rings is 1. The molecule has 0 radical (unpaired) electrons. The number of carbonyl (C=O) groups is 2. The number of hydrogen-bond acceptors (Lipinski definition) is 4. The Morgan fingerprint density at radius 2 is 2.09 bits per heavy atom. The highest BCUT2D eigenvalue weighted by molar-refractivity contribution is 5.82. The molecule has 126 valence electrons. The largest absolute Gasteiger partial charge is 0.460 e. The van der Waals surface area contributed by atoms with Crippen molar-refractivity contribution >= 4 is 11.9 Å². The van der Waals surface area contributed by atoms with Crippen molar-refractivity contribution in [1.29, 1.82) is 0 Å². The van der Waals surface area contributed by atoms with Crippen molar-refractivity contribution in [1.82, 2.24) is 9.88 Å². The van der Waals surface area contributed by atoms with Gasteiger partial charge in [-0.3, -0.25) is 14.6 Å². The van der Waals surface area contributed by atoms with Gasteiger partial charge in [-0.05, 0) is 44.7 Å². The molecule has 1 aromatic rings. The molecule has 1 aromatic heterocycles. The molecule has 1 aliphatic heterocycles. The Hall–Kier alpha value is -1.91. The second-order valence-corrected chi connectivity index (χ2v) is 7.28. The first-order valence-electron chi connectivity index (χ1n) is 8.17. The van der Waals surface area contributed by atoms with Gasteiger partial charge in [0.15, 0.2) is 0 Å². The maximum absolute atomic E-state index is 12.5. The molecular formula is C18H26N2O3.